The molecule has 4 rings (SSSR count). The lowest BCUT2D eigenvalue weighted by Crippen LogP contribution is -2.34. The van der Waals surface area contributed by atoms with E-state index >= 15 is 0 Å². The molecular formula is C26H35F5O. The van der Waals surface area contributed by atoms with Gasteiger partial charge in [0.2, 0.25) is 5.75 Å². The first-order chi connectivity index (χ1) is 15.2. The fraction of sp³-hybridized carbons (Fsp3) is 0.769. The molecule has 3 aliphatic rings. The van der Waals surface area contributed by atoms with Crippen LogP contribution in [0, 0.1) is 41.2 Å². The Labute approximate surface area is 188 Å². The van der Waals surface area contributed by atoms with Crippen LogP contribution >= 0.6 is 0 Å². The standard InChI is InChI=1S/C26H35F5O/c1-2-3-16-4-5-21-13-20(11-10-19(21)12-16)17-6-8-18(9-7-17)22-14-23(27)25(24(28)15-22)32-26(29,30)31/h14-21H,2-13H2,1H3. The zero-order valence-electron chi connectivity index (χ0n) is 18.9. The minimum atomic E-state index is -5.12. The topological polar surface area (TPSA) is 9.23 Å². The summed E-state index contributed by atoms with van der Waals surface area (Å²) in [5.74, 6) is 0.227. The summed E-state index contributed by atoms with van der Waals surface area (Å²) in [4.78, 5) is 0. The second-order valence-corrected chi connectivity index (χ2v) is 10.5. The van der Waals surface area contributed by atoms with Crippen molar-refractivity contribution in [2.24, 2.45) is 29.6 Å². The molecule has 0 heterocycles. The first kappa shape index (κ1) is 23.8. The molecule has 0 bridgehead atoms. The fourth-order valence-electron chi connectivity index (χ4n) is 7.07. The van der Waals surface area contributed by atoms with Crippen LogP contribution in [0.15, 0.2) is 12.1 Å². The number of fused-ring (bicyclic) bond motifs is 1. The summed E-state index contributed by atoms with van der Waals surface area (Å²) < 4.78 is 68.9. The van der Waals surface area contributed by atoms with Crippen molar-refractivity contribution in [1.29, 1.82) is 0 Å². The van der Waals surface area contributed by atoms with Crippen LogP contribution in [-0.2, 0) is 0 Å². The Hall–Kier alpha value is -1.33. The van der Waals surface area contributed by atoms with Crippen molar-refractivity contribution in [3.63, 3.8) is 0 Å². The van der Waals surface area contributed by atoms with Gasteiger partial charge in [0.05, 0.1) is 0 Å². The highest BCUT2D eigenvalue weighted by Gasteiger charge is 2.39. The maximum Gasteiger partial charge on any atom is 0.573 e. The van der Waals surface area contributed by atoms with Gasteiger partial charge in [0, 0.05) is 0 Å². The molecule has 32 heavy (non-hydrogen) atoms. The quantitative estimate of drug-likeness (QED) is 0.401. The predicted octanol–water partition coefficient (Wildman–Crippen LogP) is 8.77. The van der Waals surface area contributed by atoms with Gasteiger partial charge in [-0.15, -0.1) is 13.2 Å². The zero-order chi connectivity index (χ0) is 22.9. The summed E-state index contributed by atoms with van der Waals surface area (Å²) in [5.41, 5.74) is 0.450. The number of ether oxygens (including phenoxy) is 1. The second-order valence-electron chi connectivity index (χ2n) is 10.5. The molecule has 3 saturated carbocycles. The molecule has 4 unspecified atom stereocenters. The number of hydrogen-bond donors (Lipinski definition) is 0. The molecular weight excluding hydrogens is 423 g/mol. The van der Waals surface area contributed by atoms with Crippen molar-refractivity contribution >= 4 is 0 Å². The van der Waals surface area contributed by atoms with Crippen molar-refractivity contribution in [2.75, 3.05) is 0 Å². The number of benzene rings is 1. The van der Waals surface area contributed by atoms with E-state index in [9.17, 15) is 22.0 Å². The van der Waals surface area contributed by atoms with E-state index in [0.29, 0.717) is 11.5 Å². The van der Waals surface area contributed by atoms with E-state index in [-0.39, 0.29) is 5.92 Å². The smallest absolute Gasteiger partial charge is 0.399 e. The fourth-order valence-corrected chi connectivity index (χ4v) is 7.07. The number of rotatable bonds is 5. The van der Waals surface area contributed by atoms with Gasteiger partial charge in [0.25, 0.3) is 0 Å². The number of hydrogen-bond acceptors (Lipinski definition) is 1. The molecule has 0 aromatic heterocycles. The average Bonchev–Trinajstić information content (AvgIpc) is 2.75. The molecule has 3 aliphatic carbocycles. The Balaban J connectivity index is 1.31. The first-order valence-corrected chi connectivity index (χ1v) is 12.5. The van der Waals surface area contributed by atoms with Crippen LogP contribution in [0.4, 0.5) is 22.0 Å². The number of alkyl halides is 3. The van der Waals surface area contributed by atoms with Crippen molar-refractivity contribution in [3.05, 3.63) is 29.3 Å². The van der Waals surface area contributed by atoms with E-state index in [4.69, 9.17) is 0 Å². The van der Waals surface area contributed by atoms with Gasteiger partial charge in [0.15, 0.2) is 11.6 Å². The SMILES string of the molecule is CCCC1CCC2CC(C3CCC(c4cc(F)c(OC(F)(F)F)c(F)c4)CC3)CCC2C1. The molecule has 4 atom stereocenters. The summed E-state index contributed by atoms with van der Waals surface area (Å²) in [6.07, 6.45) is 9.49. The summed E-state index contributed by atoms with van der Waals surface area (Å²) in [6, 6.07) is 2.05. The van der Waals surface area contributed by atoms with Crippen LogP contribution in [0.1, 0.15) is 95.5 Å². The van der Waals surface area contributed by atoms with Crippen molar-refractivity contribution in [1.82, 2.24) is 0 Å². The van der Waals surface area contributed by atoms with E-state index in [1.165, 1.54) is 51.4 Å². The van der Waals surface area contributed by atoms with Gasteiger partial charge < -0.3 is 4.74 Å². The normalized spacial score (nSPS) is 33.6. The second kappa shape index (κ2) is 9.89. The van der Waals surface area contributed by atoms with E-state index in [1.54, 1.807) is 0 Å². The molecule has 3 fully saturated rings. The largest absolute Gasteiger partial charge is 0.573 e. The van der Waals surface area contributed by atoms with E-state index in [0.717, 1.165) is 61.5 Å². The van der Waals surface area contributed by atoms with Crippen LogP contribution < -0.4 is 4.74 Å². The molecule has 6 heteroatoms. The lowest BCUT2D eigenvalue weighted by Gasteiger charge is -2.45. The Morgan fingerprint density at radius 1 is 0.781 bits per heavy atom. The molecule has 0 radical (unpaired) electrons. The van der Waals surface area contributed by atoms with Crippen molar-refractivity contribution in [2.45, 2.75) is 96.3 Å². The maximum atomic E-state index is 14.1. The van der Waals surface area contributed by atoms with Crippen LogP contribution in [0.3, 0.4) is 0 Å². The van der Waals surface area contributed by atoms with Gasteiger partial charge in [-0.1, -0.05) is 26.2 Å². The third-order valence-corrected chi connectivity index (χ3v) is 8.61. The minimum absolute atomic E-state index is 0.00370. The predicted molar refractivity (Wildman–Crippen MR) is 114 cm³/mol. The van der Waals surface area contributed by atoms with Crippen LogP contribution in [0.5, 0.6) is 5.75 Å². The molecule has 0 amide bonds. The molecule has 1 aromatic rings. The van der Waals surface area contributed by atoms with Gasteiger partial charge in [-0.05, 0) is 111 Å². The first-order valence-electron chi connectivity index (χ1n) is 12.5. The highest BCUT2D eigenvalue weighted by molar-refractivity contribution is 5.33. The lowest BCUT2D eigenvalue weighted by atomic mass is 9.60. The highest BCUT2D eigenvalue weighted by Crippen LogP contribution is 2.50. The van der Waals surface area contributed by atoms with Crippen LogP contribution in [0.2, 0.25) is 0 Å². The molecule has 1 aromatic carbocycles. The third-order valence-electron chi connectivity index (χ3n) is 8.61. The van der Waals surface area contributed by atoms with Gasteiger partial charge in [0.1, 0.15) is 0 Å². The lowest BCUT2D eigenvalue weighted by molar-refractivity contribution is -0.276. The zero-order valence-corrected chi connectivity index (χ0v) is 18.9. The average molecular weight is 459 g/mol. The third kappa shape index (κ3) is 5.59. The molecule has 1 nitrogen and oxygen atoms in total. The van der Waals surface area contributed by atoms with Gasteiger partial charge in [-0.2, -0.15) is 0 Å². The van der Waals surface area contributed by atoms with Crippen molar-refractivity contribution < 1.29 is 26.7 Å². The number of halogens is 5. The molecule has 0 aliphatic heterocycles. The van der Waals surface area contributed by atoms with Crippen LogP contribution in [0.25, 0.3) is 0 Å². The van der Waals surface area contributed by atoms with Gasteiger partial charge in [-0.3, -0.25) is 0 Å². The highest BCUT2D eigenvalue weighted by atomic mass is 19.4. The van der Waals surface area contributed by atoms with Gasteiger partial charge >= 0.3 is 6.36 Å². The summed E-state index contributed by atoms with van der Waals surface area (Å²) in [7, 11) is 0. The molecule has 0 saturated heterocycles. The minimum Gasteiger partial charge on any atom is -0.399 e. The summed E-state index contributed by atoms with van der Waals surface area (Å²) in [5, 5.41) is 0. The van der Waals surface area contributed by atoms with E-state index in [2.05, 4.69) is 11.7 Å². The van der Waals surface area contributed by atoms with E-state index in [1.807, 2.05) is 0 Å². The Morgan fingerprint density at radius 2 is 1.31 bits per heavy atom. The molecule has 180 valence electrons. The van der Waals surface area contributed by atoms with E-state index < -0.39 is 23.7 Å². The Bertz CT molecular complexity index is 745. The summed E-state index contributed by atoms with van der Waals surface area (Å²) in [6.45, 7) is 2.28. The molecule has 0 N–H and O–H groups in total. The van der Waals surface area contributed by atoms with Crippen LogP contribution in [-0.4, -0.2) is 6.36 Å². The van der Waals surface area contributed by atoms with Gasteiger partial charge in [-0.25, -0.2) is 8.78 Å². The monoisotopic (exact) mass is 458 g/mol. The molecule has 0 spiro atoms. The Morgan fingerprint density at radius 3 is 1.91 bits per heavy atom. The van der Waals surface area contributed by atoms with Crippen molar-refractivity contribution in [3.8, 4) is 5.75 Å². The maximum absolute atomic E-state index is 14.1. The summed E-state index contributed by atoms with van der Waals surface area (Å²) >= 11 is 0. The Kier molecular flexibility index (Phi) is 7.36.